The molecule has 0 saturated heterocycles. The lowest BCUT2D eigenvalue weighted by molar-refractivity contribution is 0.263. The van der Waals surface area contributed by atoms with Crippen molar-refractivity contribution in [3.05, 3.63) is 65.7 Å². The fourth-order valence-corrected chi connectivity index (χ4v) is 4.17. The topological polar surface area (TPSA) is 55.4 Å². The summed E-state index contributed by atoms with van der Waals surface area (Å²) in [4.78, 5) is 0. The molecule has 3 rings (SSSR count). The number of benzene rings is 2. The van der Waals surface area contributed by atoms with Gasteiger partial charge in [0.15, 0.2) is 0 Å². The molecule has 4 nitrogen and oxygen atoms in total. The Labute approximate surface area is 137 Å². The molecule has 23 heavy (non-hydrogen) atoms. The molecule has 0 saturated carbocycles. The first-order valence-electron chi connectivity index (χ1n) is 7.90. The number of fused-ring (bicyclic) bond motifs is 1. The minimum atomic E-state index is -3.30. The average molecular weight is 331 g/mol. The van der Waals surface area contributed by atoms with Crippen molar-refractivity contribution >= 4 is 10.0 Å². The highest BCUT2D eigenvalue weighted by Crippen LogP contribution is 2.31. The van der Waals surface area contributed by atoms with Gasteiger partial charge in [0, 0.05) is 12.0 Å². The maximum Gasteiger partial charge on any atom is 0.212 e. The van der Waals surface area contributed by atoms with Crippen LogP contribution in [0.5, 0.6) is 5.75 Å². The van der Waals surface area contributed by atoms with Crippen LogP contribution in [0.4, 0.5) is 0 Å². The number of nitrogens with one attached hydrogen (secondary N) is 1. The molecule has 122 valence electrons. The summed E-state index contributed by atoms with van der Waals surface area (Å²) in [6.07, 6.45) is 2.05. The van der Waals surface area contributed by atoms with Crippen LogP contribution in [-0.2, 0) is 16.4 Å². The Morgan fingerprint density at radius 3 is 2.61 bits per heavy atom. The molecule has 1 atom stereocenters. The smallest absolute Gasteiger partial charge is 0.212 e. The molecule has 5 heteroatoms. The number of para-hydroxylation sites is 1. The van der Waals surface area contributed by atoms with E-state index in [9.17, 15) is 8.42 Å². The van der Waals surface area contributed by atoms with Crippen molar-refractivity contribution in [2.24, 2.45) is 0 Å². The van der Waals surface area contributed by atoms with Gasteiger partial charge in [0.25, 0.3) is 0 Å². The summed E-state index contributed by atoms with van der Waals surface area (Å²) in [6.45, 7) is 0.536. The van der Waals surface area contributed by atoms with Gasteiger partial charge in [0.1, 0.15) is 5.75 Å². The largest absolute Gasteiger partial charge is 0.493 e. The number of aryl methyl sites for hydroxylation is 1. The van der Waals surface area contributed by atoms with E-state index in [1.165, 1.54) is 5.56 Å². The van der Waals surface area contributed by atoms with E-state index < -0.39 is 10.0 Å². The van der Waals surface area contributed by atoms with Gasteiger partial charge in [-0.2, -0.15) is 0 Å². The molecular weight excluding hydrogens is 310 g/mol. The third-order valence-electron chi connectivity index (χ3n) is 4.00. The number of hydrogen-bond acceptors (Lipinski definition) is 3. The molecule has 0 fully saturated rings. The molecule has 1 heterocycles. The van der Waals surface area contributed by atoms with Gasteiger partial charge in [0.05, 0.1) is 18.4 Å². The highest BCUT2D eigenvalue weighted by Gasteiger charge is 2.25. The van der Waals surface area contributed by atoms with Crippen LogP contribution >= 0.6 is 0 Å². The van der Waals surface area contributed by atoms with Gasteiger partial charge in [-0.25, -0.2) is 13.1 Å². The second-order valence-electron chi connectivity index (χ2n) is 5.75. The van der Waals surface area contributed by atoms with Crippen molar-refractivity contribution < 1.29 is 13.2 Å². The van der Waals surface area contributed by atoms with Crippen molar-refractivity contribution in [1.82, 2.24) is 4.72 Å². The van der Waals surface area contributed by atoms with Gasteiger partial charge >= 0.3 is 0 Å². The number of ether oxygens (including phenoxy) is 1. The molecule has 0 aromatic heterocycles. The van der Waals surface area contributed by atoms with Crippen molar-refractivity contribution in [1.29, 1.82) is 0 Å². The predicted molar refractivity (Wildman–Crippen MR) is 91.0 cm³/mol. The summed E-state index contributed by atoms with van der Waals surface area (Å²) >= 11 is 0. The van der Waals surface area contributed by atoms with Crippen molar-refractivity contribution in [2.75, 3.05) is 12.4 Å². The van der Waals surface area contributed by atoms with Crippen LogP contribution in [0.3, 0.4) is 0 Å². The second-order valence-corrected chi connectivity index (χ2v) is 7.63. The summed E-state index contributed by atoms with van der Waals surface area (Å²) in [5, 5.41) is 0. The van der Waals surface area contributed by atoms with Crippen LogP contribution in [-0.4, -0.2) is 20.8 Å². The lowest BCUT2D eigenvalue weighted by atomic mass is 10.0. The van der Waals surface area contributed by atoms with E-state index in [4.69, 9.17) is 4.74 Å². The van der Waals surface area contributed by atoms with Gasteiger partial charge < -0.3 is 4.74 Å². The molecule has 0 amide bonds. The SMILES string of the molecule is O=S(=O)(CCCc1ccccc1)NC1CCOc2ccccc21. The molecule has 0 radical (unpaired) electrons. The Hall–Kier alpha value is -1.85. The zero-order valence-electron chi connectivity index (χ0n) is 12.9. The van der Waals surface area contributed by atoms with E-state index in [2.05, 4.69) is 4.72 Å². The first kappa shape index (κ1) is 16.0. The minimum absolute atomic E-state index is 0.140. The van der Waals surface area contributed by atoms with Crippen molar-refractivity contribution in [3.63, 3.8) is 0 Å². The van der Waals surface area contributed by atoms with Gasteiger partial charge in [-0.15, -0.1) is 0 Å². The molecule has 2 aromatic rings. The van der Waals surface area contributed by atoms with Crippen molar-refractivity contribution in [3.8, 4) is 5.75 Å². The molecular formula is C18H21NO3S. The molecule has 1 aliphatic rings. The highest BCUT2D eigenvalue weighted by atomic mass is 32.2. The van der Waals surface area contributed by atoms with Gasteiger partial charge in [0.2, 0.25) is 10.0 Å². The predicted octanol–water partition coefficient (Wildman–Crippen LogP) is 3.06. The van der Waals surface area contributed by atoms with E-state index in [1.54, 1.807) is 0 Å². The molecule has 0 spiro atoms. The maximum atomic E-state index is 12.3. The summed E-state index contributed by atoms with van der Waals surface area (Å²) in [5.74, 6) is 0.914. The monoisotopic (exact) mass is 331 g/mol. The van der Waals surface area contributed by atoms with Crippen LogP contribution in [0.25, 0.3) is 0 Å². The standard InChI is InChI=1S/C18H21NO3S/c20-23(21,14-6-9-15-7-2-1-3-8-15)19-17-12-13-22-18-11-5-4-10-16(17)18/h1-5,7-8,10-11,17,19H,6,9,12-14H2. The first-order chi connectivity index (χ1) is 11.1. The Kier molecular flexibility index (Phi) is 4.98. The second kappa shape index (κ2) is 7.15. The quantitative estimate of drug-likeness (QED) is 0.885. The zero-order valence-corrected chi connectivity index (χ0v) is 13.8. The van der Waals surface area contributed by atoms with E-state index >= 15 is 0 Å². The Morgan fingerprint density at radius 2 is 1.78 bits per heavy atom. The fraction of sp³-hybridized carbons (Fsp3) is 0.333. The van der Waals surface area contributed by atoms with Crippen LogP contribution in [0, 0.1) is 0 Å². The van der Waals surface area contributed by atoms with E-state index in [1.807, 2.05) is 54.6 Å². The first-order valence-corrected chi connectivity index (χ1v) is 9.55. The summed E-state index contributed by atoms with van der Waals surface area (Å²) in [5.41, 5.74) is 2.09. The highest BCUT2D eigenvalue weighted by molar-refractivity contribution is 7.89. The molecule has 0 bridgehead atoms. The Bertz CT molecular complexity index is 744. The van der Waals surface area contributed by atoms with Crippen LogP contribution < -0.4 is 9.46 Å². The van der Waals surface area contributed by atoms with Gasteiger partial charge in [-0.1, -0.05) is 48.5 Å². The molecule has 1 N–H and O–H groups in total. The maximum absolute atomic E-state index is 12.3. The number of rotatable bonds is 6. The minimum Gasteiger partial charge on any atom is -0.493 e. The molecule has 2 aromatic carbocycles. The normalized spacial score (nSPS) is 17.3. The van der Waals surface area contributed by atoms with Gasteiger partial charge in [-0.05, 0) is 24.5 Å². The number of sulfonamides is 1. The average Bonchev–Trinajstić information content (AvgIpc) is 2.56. The number of hydrogen-bond donors (Lipinski definition) is 1. The van der Waals surface area contributed by atoms with Crippen LogP contribution in [0.15, 0.2) is 54.6 Å². The van der Waals surface area contributed by atoms with Crippen LogP contribution in [0.1, 0.15) is 30.0 Å². The molecule has 1 aliphatic heterocycles. The lowest BCUT2D eigenvalue weighted by Gasteiger charge is -2.26. The lowest BCUT2D eigenvalue weighted by Crippen LogP contribution is -2.33. The summed E-state index contributed by atoms with van der Waals surface area (Å²) < 4.78 is 33.1. The third kappa shape index (κ3) is 4.33. The van der Waals surface area contributed by atoms with Crippen LogP contribution in [0.2, 0.25) is 0 Å². The Morgan fingerprint density at radius 1 is 1.04 bits per heavy atom. The molecule has 1 unspecified atom stereocenters. The van der Waals surface area contributed by atoms with E-state index in [0.717, 1.165) is 17.7 Å². The Balaban J connectivity index is 1.59. The van der Waals surface area contributed by atoms with Gasteiger partial charge in [-0.3, -0.25) is 0 Å². The van der Waals surface area contributed by atoms with Crippen molar-refractivity contribution in [2.45, 2.75) is 25.3 Å². The summed E-state index contributed by atoms with van der Waals surface area (Å²) in [7, 11) is -3.30. The van der Waals surface area contributed by atoms with E-state index in [0.29, 0.717) is 19.4 Å². The molecule has 0 aliphatic carbocycles. The zero-order chi connectivity index (χ0) is 16.1. The summed E-state index contributed by atoms with van der Waals surface area (Å²) in [6, 6.07) is 17.4. The third-order valence-corrected chi connectivity index (χ3v) is 5.47. The fourth-order valence-electron chi connectivity index (χ4n) is 2.85. The van der Waals surface area contributed by atoms with E-state index in [-0.39, 0.29) is 11.8 Å².